The van der Waals surface area contributed by atoms with Crippen LogP contribution in [0.4, 0.5) is 0 Å². The monoisotopic (exact) mass is 493 g/mol. The summed E-state index contributed by atoms with van der Waals surface area (Å²) < 4.78 is 12.0. The molecular formula is C29H36ClN3O2. The van der Waals surface area contributed by atoms with E-state index in [1.165, 1.54) is 31.2 Å². The maximum atomic E-state index is 6.39. The number of halogens is 1. The largest absolute Gasteiger partial charge is 0.353 e. The van der Waals surface area contributed by atoms with Gasteiger partial charge in [0.1, 0.15) is 11.0 Å². The van der Waals surface area contributed by atoms with Crippen molar-refractivity contribution in [3.05, 3.63) is 53.2 Å². The number of aryl methyl sites for hydroxylation is 2. The first-order chi connectivity index (χ1) is 17.1. The van der Waals surface area contributed by atoms with Crippen molar-refractivity contribution >= 4 is 22.5 Å². The Hall–Kier alpha value is -2.08. The third-order valence-corrected chi connectivity index (χ3v) is 8.12. The number of nitrogens with zero attached hydrogens (tertiary/aromatic N) is 3. The molecule has 3 heterocycles. The molecule has 3 aromatic rings. The molecule has 1 aromatic carbocycles. The van der Waals surface area contributed by atoms with E-state index in [1.807, 2.05) is 12.4 Å². The molecule has 1 aliphatic heterocycles. The van der Waals surface area contributed by atoms with Gasteiger partial charge in [0.15, 0.2) is 6.29 Å². The molecule has 6 heteroatoms. The molecular weight excluding hydrogens is 458 g/mol. The van der Waals surface area contributed by atoms with Crippen molar-refractivity contribution in [2.45, 2.75) is 84.0 Å². The quantitative estimate of drug-likeness (QED) is 0.322. The van der Waals surface area contributed by atoms with E-state index in [4.69, 9.17) is 26.1 Å². The van der Waals surface area contributed by atoms with E-state index in [2.05, 4.69) is 48.1 Å². The lowest BCUT2D eigenvalue weighted by molar-refractivity contribution is -0.195. The summed E-state index contributed by atoms with van der Waals surface area (Å²) >= 11 is 6.39. The number of hydrogen-bond acceptors (Lipinski definition) is 5. The summed E-state index contributed by atoms with van der Waals surface area (Å²) in [4.78, 5) is 14.0. The predicted molar refractivity (Wildman–Crippen MR) is 140 cm³/mol. The lowest BCUT2D eigenvalue weighted by atomic mass is 9.78. The Balaban J connectivity index is 1.20. The average Bonchev–Trinajstić information content (AvgIpc) is 2.89. The first-order valence-corrected chi connectivity index (χ1v) is 13.6. The molecule has 2 aliphatic rings. The van der Waals surface area contributed by atoms with E-state index in [1.54, 1.807) is 0 Å². The fraction of sp³-hybridized carbons (Fsp3) is 0.552. The van der Waals surface area contributed by atoms with Crippen LogP contribution in [0.3, 0.4) is 0 Å². The summed E-state index contributed by atoms with van der Waals surface area (Å²) in [6.07, 6.45) is 14.2. The van der Waals surface area contributed by atoms with Crippen LogP contribution in [-0.2, 0) is 15.9 Å². The molecule has 186 valence electrons. The van der Waals surface area contributed by atoms with Crippen molar-refractivity contribution in [2.75, 3.05) is 6.61 Å². The Bertz CT molecular complexity index is 1120. The fourth-order valence-electron chi connectivity index (χ4n) is 5.51. The molecule has 2 aromatic heterocycles. The standard InChI is InChI=1S/C29H36ClN3O2/c1-19-6-9-22(10-7-19)24-17-32-29(30)25-18-31-26(33-28(24)25)15-8-20(2)21-11-13-23(14-12-21)35-27-5-3-4-16-34-27/h6-7,9-10,17-18,20-21,23,27H,3-5,8,11-16H2,1-2H3/t20-,21-,23-,27?/m1/s1. The van der Waals surface area contributed by atoms with E-state index in [0.29, 0.717) is 17.2 Å². The van der Waals surface area contributed by atoms with E-state index < -0.39 is 0 Å². The summed E-state index contributed by atoms with van der Waals surface area (Å²) in [7, 11) is 0. The number of aromatic nitrogens is 3. The van der Waals surface area contributed by atoms with Gasteiger partial charge < -0.3 is 9.47 Å². The first-order valence-electron chi connectivity index (χ1n) is 13.2. The van der Waals surface area contributed by atoms with Crippen molar-refractivity contribution in [3.63, 3.8) is 0 Å². The maximum absolute atomic E-state index is 6.39. The van der Waals surface area contributed by atoms with Crippen molar-refractivity contribution in [2.24, 2.45) is 11.8 Å². The van der Waals surface area contributed by atoms with Crippen LogP contribution in [-0.4, -0.2) is 34.0 Å². The highest BCUT2D eigenvalue weighted by molar-refractivity contribution is 6.34. The zero-order valence-electron chi connectivity index (χ0n) is 20.9. The second kappa shape index (κ2) is 11.3. The van der Waals surface area contributed by atoms with Gasteiger partial charge >= 0.3 is 0 Å². The molecule has 2 fully saturated rings. The second-order valence-corrected chi connectivity index (χ2v) is 10.7. The minimum Gasteiger partial charge on any atom is -0.353 e. The SMILES string of the molecule is Cc1ccc(-c2cnc(Cl)c3cnc(CC[C@@H](C)[C@H]4CC[C@H](OC5CCCCO5)CC4)nc23)cc1. The lowest BCUT2D eigenvalue weighted by Gasteiger charge is -2.35. The molecule has 5 nitrogen and oxygen atoms in total. The third-order valence-electron chi connectivity index (χ3n) is 7.81. The molecule has 0 N–H and O–H groups in total. The van der Waals surface area contributed by atoms with E-state index in [9.17, 15) is 0 Å². The average molecular weight is 494 g/mol. The molecule has 0 bridgehead atoms. The summed E-state index contributed by atoms with van der Waals surface area (Å²) in [5.41, 5.74) is 4.21. The van der Waals surface area contributed by atoms with E-state index in [-0.39, 0.29) is 6.29 Å². The summed E-state index contributed by atoms with van der Waals surface area (Å²) in [6, 6.07) is 8.46. The van der Waals surface area contributed by atoms with Gasteiger partial charge in [-0.15, -0.1) is 0 Å². The first kappa shape index (κ1) is 24.6. The Morgan fingerprint density at radius 3 is 2.57 bits per heavy atom. The number of pyridine rings is 1. The van der Waals surface area contributed by atoms with Crippen LogP contribution in [0.5, 0.6) is 0 Å². The van der Waals surface area contributed by atoms with Crippen molar-refractivity contribution in [3.8, 4) is 11.1 Å². The second-order valence-electron chi connectivity index (χ2n) is 10.4. The maximum Gasteiger partial charge on any atom is 0.157 e. The molecule has 1 saturated carbocycles. The van der Waals surface area contributed by atoms with Crippen molar-refractivity contribution < 1.29 is 9.47 Å². The zero-order chi connectivity index (χ0) is 24.2. The predicted octanol–water partition coefficient (Wildman–Crippen LogP) is 7.32. The molecule has 5 rings (SSSR count). The Kier molecular flexibility index (Phi) is 7.96. The molecule has 1 saturated heterocycles. The van der Waals surface area contributed by atoms with E-state index >= 15 is 0 Å². The lowest BCUT2D eigenvalue weighted by Crippen LogP contribution is -2.31. The minimum absolute atomic E-state index is 0.0290. The summed E-state index contributed by atoms with van der Waals surface area (Å²) in [5, 5.41) is 1.26. The smallest absolute Gasteiger partial charge is 0.157 e. The van der Waals surface area contributed by atoms with Gasteiger partial charge in [0, 0.05) is 31.0 Å². The van der Waals surface area contributed by atoms with Gasteiger partial charge in [0.05, 0.1) is 17.0 Å². The molecule has 1 aliphatic carbocycles. The summed E-state index contributed by atoms with van der Waals surface area (Å²) in [5.74, 6) is 2.26. The van der Waals surface area contributed by atoms with Gasteiger partial charge in [-0.2, -0.15) is 0 Å². The van der Waals surface area contributed by atoms with Gasteiger partial charge in [0.2, 0.25) is 0 Å². The van der Waals surface area contributed by atoms with Crippen molar-refractivity contribution in [1.82, 2.24) is 15.0 Å². The van der Waals surface area contributed by atoms with Gasteiger partial charge in [-0.05, 0) is 75.7 Å². The normalized spacial score (nSPS) is 23.9. The van der Waals surface area contributed by atoms with Gasteiger partial charge in [-0.25, -0.2) is 15.0 Å². The van der Waals surface area contributed by atoms with Crippen LogP contribution in [0.25, 0.3) is 22.0 Å². The van der Waals surface area contributed by atoms with Crippen LogP contribution in [0.2, 0.25) is 5.15 Å². The number of rotatable bonds is 7. The fourth-order valence-corrected chi connectivity index (χ4v) is 5.70. The number of benzene rings is 1. The Morgan fingerprint density at radius 1 is 1.03 bits per heavy atom. The molecule has 0 radical (unpaired) electrons. The van der Waals surface area contributed by atoms with Gasteiger partial charge in [-0.3, -0.25) is 0 Å². The highest BCUT2D eigenvalue weighted by atomic mass is 35.5. The molecule has 35 heavy (non-hydrogen) atoms. The van der Waals surface area contributed by atoms with Crippen LogP contribution in [0.15, 0.2) is 36.7 Å². The van der Waals surface area contributed by atoms with Crippen molar-refractivity contribution in [1.29, 1.82) is 0 Å². The third kappa shape index (κ3) is 6.02. The molecule has 0 spiro atoms. The number of hydrogen-bond donors (Lipinski definition) is 0. The van der Waals surface area contributed by atoms with Crippen LogP contribution >= 0.6 is 11.6 Å². The highest BCUT2D eigenvalue weighted by Gasteiger charge is 2.28. The van der Waals surface area contributed by atoms with Gasteiger partial charge in [0.25, 0.3) is 0 Å². The number of ether oxygens (including phenoxy) is 2. The van der Waals surface area contributed by atoms with E-state index in [0.717, 1.165) is 72.5 Å². The molecule has 0 amide bonds. The number of fused-ring (bicyclic) bond motifs is 1. The zero-order valence-corrected chi connectivity index (χ0v) is 21.6. The highest BCUT2D eigenvalue weighted by Crippen LogP contribution is 2.35. The Morgan fingerprint density at radius 2 is 1.83 bits per heavy atom. The van der Waals surface area contributed by atoms with Gasteiger partial charge in [-0.1, -0.05) is 48.4 Å². The molecule has 2 atom stereocenters. The van der Waals surface area contributed by atoms with Crippen LogP contribution in [0.1, 0.15) is 69.7 Å². The van der Waals surface area contributed by atoms with Crippen LogP contribution < -0.4 is 0 Å². The Labute approximate surface area is 213 Å². The topological polar surface area (TPSA) is 57.1 Å². The summed E-state index contributed by atoms with van der Waals surface area (Å²) in [6.45, 7) is 5.33. The van der Waals surface area contributed by atoms with Crippen LogP contribution in [0, 0.1) is 18.8 Å². The molecule has 1 unspecified atom stereocenters. The minimum atomic E-state index is 0.0290.